The van der Waals surface area contributed by atoms with Crippen LogP contribution >= 0.6 is 0 Å². The van der Waals surface area contributed by atoms with Crippen molar-refractivity contribution in [1.29, 1.82) is 5.26 Å². The number of hydrogen-bond donors (Lipinski definition) is 0. The van der Waals surface area contributed by atoms with Crippen LogP contribution in [0.3, 0.4) is 0 Å². The standard InChI is InChI=1S/C18H24N4O2/c1-21(18(23)15-6-9-24-13-15)12-14-4-7-22(8-5-14)17-3-2-16(10-19)20-11-17/h2-3,11,14-15H,4-9,12-13H2,1H3. The highest BCUT2D eigenvalue weighted by atomic mass is 16.5. The molecular formula is C18H24N4O2. The molecule has 2 aliphatic heterocycles. The molecule has 2 aliphatic rings. The van der Waals surface area contributed by atoms with E-state index in [1.54, 1.807) is 12.3 Å². The Hall–Kier alpha value is -2.13. The van der Waals surface area contributed by atoms with Crippen molar-refractivity contribution in [3.8, 4) is 6.07 Å². The van der Waals surface area contributed by atoms with E-state index in [0.717, 1.165) is 44.6 Å². The second kappa shape index (κ2) is 7.63. The fourth-order valence-corrected chi connectivity index (χ4v) is 3.53. The molecule has 1 aromatic rings. The predicted octanol–water partition coefficient (Wildman–Crippen LogP) is 1.66. The van der Waals surface area contributed by atoms with Gasteiger partial charge in [-0.25, -0.2) is 4.98 Å². The maximum atomic E-state index is 12.4. The van der Waals surface area contributed by atoms with Crippen LogP contribution in [0.5, 0.6) is 0 Å². The van der Waals surface area contributed by atoms with Crippen molar-refractivity contribution in [3.63, 3.8) is 0 Å². The Morgan fingerprint density at radius 1 is 1.42 bits per heavy atom. The molecule has 0 N–H and O–H groups in total. The van der Waals surface area contributed by atoms with E-state index in [-0.39, 0.29) is 11.8 Å². The summed E-state index contributed by atoms with van der Waals surface area (Å²) in [6, 6.07) is 5.76. The van der Waals surface area contributed by atoms with Crippen molar-refractivity contribution in [2.24, 2.45) is 11.8 Å². The van der Waals surface area contributed by atoms with Gasteiger partial charge in [-0.3, -0.25) is 4.79 Å². The number of anilines is 1. The van der Waals surface area contributed by atoms with E-state index >= 15 is 0 Å². The number of ether oxygens (including phenoxy) is 1. The Balaban J connectivity index is 1.47. The van der Waals surface area contributed by atoms with Gasteiger partial charge in [0.25, 0.3) is 0 Å². The lowest BCUT2D eigenvalue weighted by molar-refractivity contribution is -0.134. The number of rotatable bonds is 4. The molecule has 1 unspecified atom stereocenters. The molecule has 2 fully saturated rings. The highest BCUT2D eigenvalue weighted by Crippen LogP contribution is 2.24. The van der Waals surface area contributed by atoms with Crippen LogP contribution in [-0.2, 0) is 9.53 Å². The third-order valence-electron chi connectivity index (χ3n) is 5.03. The summed E-state index contributed by atoms with van der Waals surface area (Å²) in [7, 11) is 1.91. The molecule has 0 saturated carbocycles. The third-order valence-corrected chi connectivity index (χ3v) is 5.03. The summed E-state index contributed by atoms with van der Waals surface area (Å²) >= 11 is 0. The molecular weight excluding hydrogens is 304 g/mol. The Kier molecular flexibility index (Phi) is 5.31. The molecule has 0 spiro atoms. The molecule has 0 aliphatic carbocycles. The van der Waals surface area contributed by atoms with E-state index in [2.05, 4.69) is 9.88 Å². The van der Waals surface area contributed by atoms with Crippen molar-refractivity contribution in [2.45, 2.75) is 19.3 Å². The normalized spacial score (nSPS) is 21.5. The topological polar surface area (TPSA) is 69.5 Å². The van der Waals surface area contributed by atoms with Crippen LogP contribution in [0.4, 0.5) is 5.69 Å². The van der Waals surface area contributed by atoms with Crippen molar-refractivity contribution in [1.82, 2.24) is 9.88 Å². The summed E-state index contributed by atoms with van der Waals surface area (Å²) in [6.45, 7) is 4.04. The minimum absolute atomic E-state index is 0.0554. The molecule has 2 saturated heterocycles. The smallest absolute Gasteiger partial charge is 0.227 e. The fourth-order valence-electron chi connectivity index (χ4n) is 3.53. The van der Waals surface area contributed by atoms with Crippen molar-refractivity contribution >= 4 is 11.6 Å². The van der Waals surface area contributed by atoms with Gasteiger partial charge in [0.15, 0.2) is 0 Å². The quantitative estimate of drug-likeness (QED) is 0.841. The van der Waals surface area contributed by atoms with Crippen LogP contribution in [0, 0.1) is 23.2 Å². The minimum Gasteiger partial charge on any atom is -0.381 e. The molecule has 0 radical (unpaired) electrons. The van der Waals surface area contributed by atoms with Gasteiger partial charge in [-0.1, -0.05) is 0 Å². The van der Waals surface area contributed by atoms with Crippen LogP contribution in [0.2, 0.25) is 0 Å². The highest BCUT2D eigenvalue weighted by Gasteiger charge is 2.28. The number of carbonyl (C=O) groups excluding carboxylic acids is 1. The number of pyridine rings is 1. The molecule has 1 amide bonds. The van der Waals surface area contributed by atoms with Gasteiger partial charge in [-0.15, -0.1) is 0 Å². The molecule has 1 atom stereocenters. The predicted molar refractivity (Wildman–Crippen MR) is 90.5 cm³/mol. The third kappa shape index (κ3) is 3.85. The Bertz CT molecular complexity index is 596. The average molecular weight is 328 g/mol. The molecule has 6 heteroatoms. The molecule has 3 rings (SSSR count). The van der Waals surface area contributed by atoms with E-state index in [4.69, 9.17) is 10.00 Å². The highest BCUT2D eigenvalue weighted by molar-refractivity contribution is 5.78. The second-order valence-electron chi connectivity index (χ2n) is 6.72. The zero-order valence-electron chi connectivity index (χ0n) is 14.1. The maximum absolute atomic E-state index is 12.4. The summed E-state index contributed by atoms with van der Waals surface area (Å²) in [5.74, 6) is 0.829. The lowest BCUT2D eigenvalue weighted by Crippen LogP contribution is -2.41. The van der Waals surface area contributed by atoms with Crippen LogP contribution in [0.15, 0.2) is 18.3 Å². The van der Waals surface area contributed by atoms with Crippen LogP contribution in [0.25, 0.3) is 0 Å². The van der Waals surface area contributed by atoms with Crippen LogP contribution < -0.4 is 4.90 Å². The van der Waals surface area contributed by atoms with Gasteiger partial charge in [0.05, 0.1) is 24.4 Å². The monoisotopic (exact) mass is 328 g/mol. The number of nitrogens with zero attached hydrogens (tertiary/aromatic N) is 4. The zero-order chi connectivity index (χ0) is 16.9. The van der Waals surface area contributed by atoms with Crippen molar-refractivity contribution in [2.75, 3.05) is 44.8 Å². The molecule has 24 heavy (non-hydrogen) atoms. The minimum atomic E-state index is 0.0554. The van der Waals surface area contributed by atoms with E-state index in [1.807, 2.05) is 24.1 Å². The van der Waals surface area contributed by atoms with Gasteiger partial charge < -0.3 is 14.5 Å². The largest absolute Gasteiger partial charge is 0.381 e. The average Bonchev–Trinajstić information content (AvgIpc) is 3.16. The SMILES string of the molecule is CN(CC1CCN(c2ccc(C#N)nc2)CC1)C(=O)C1CCOC1. The lowest BCUT2D eigenvalue weighted by atomic mass is 9.95. The number of hydrogen-bond acceptors (Lipinski definition) is 5. The Morgan fingerprint density at radius 3 is 2.79 bits per heavy atom. The molecule has 128 valence electrons. The Morgan fingerprint density at radius 2 is 2.21 bits per heavy atom. The van der Waals surface area contributed by atoms with E-state index < -0.39 is 0 Å². The first kappa shape index (κ1) is 16.7. The summed E-state index contributed by atoms with van der Waals surface area (Å²) < 4.78 is 5.32. The number of carbonyl (C=O) groups is 1. The first-order valence-electron chi connectivity index (χ1n) is 8.61. The lowest BCUT2D eigenvalue weighted by Gasteiger charge is -2.35. The van der Waals surface area contributed by atoms with E-state index in [1.165, 1.54) is 0 Å². The molecule has 3 heterocycles. The number of aromatic nitrogens is 1. The Labute approximate surface area is 143 Å². The number of nitriles is 1. The first-order chi connectivity index (χ1) is 11.7. The van der Waals surface area contributed by atoms with Gasteiger partial charge in [0.2, 0.25) is 5.91 Å². The first-order valence-corrected chi connectivity index (χ1v) is 8.61. The van der Waals surface area contributed by atoms with E-state index in [9.17, 15) is 4.79 Å². The fraction of sp³-hybridized carbons (Fsp3) is 0.611. The summed E-state index contributed by atoms with van der Waals surface area (Å²) in [6.07, 6.45) is 4.76. The van der Waals surface area contributed by atoms with Gasteiger partial charge in [-0.2, -0.15) is 5.26 Å². The van der Waals surface area contributed by atoms with Crippen LogP contribution in [-0.4, -0.2) is 55.7 Å². The molecule has 0 bridgehead atoms. The summed E-state index contributed by atoms with van der Waals surface area (Å²) in [5.41, 5.74) is 1.52. The second-order valence-corrected chi connectivity index (χ2v) is 6.72. The number of amides is 1. The summed E-state index contributed by atoms with van der Waals surface area (Å²) in [4.78, 5) is 20.7. The van der Waals surface area contributed by atoms with Gasteiger partial charge in [0.1, 0.15) is 11.8 Å². The molecule has 0 aromatic carbocycles. The van der Waals surface area contributed by atoms with E-state index in [0.29, 0.717) is 24.8 Å². The number of piperidine rings is 1. The zero-order valence-corrected chi connectivity index (χ0v) is 14.1. The summed E-state index contributed by atoms with van der Waals surface area (Å²) in [5, 5.41) is 8.81. The van der Waals surface area contributed by atoms with Crippen molar-refractivity contribution in [3.05, 3.63) is 24.0 Å². The van der Waals surface area contributed by atoms with Gasteiger partial charge in [-0.05, 0) is 37.3 Å². The van der Waals surface area contributed by atoms with Crippen LogP contribution in [0.1, 0.15) is 25.0 Å². The van der Waals surface area contributed by atoms with Gasteiger partial charge >= 0.3 is 0 Å². The maximum Gasteiger partial charge on any atom is 0.227 e. The van der Waals surface area contributed by atoms with Gasteiger partial charge in [0, 0.05) is 33.3 Å². The van der Waals surface area contributed by atoms with Crippen molar-refractivity contribution < 1.29 is 9.53 Å². The molecule has 6 nitrogen and oxygen atoms in total. The molecule has 1 aromatic heterocycles.